The molecule has 0 aliphatic carbocycles. The molecule has 5 rings (SSSR count). The molecule has 2 heterocycles. The predicted molar refractivity (Wildman–Crippen MR) is 162 cm³/mol. The van der Waals surface area contributed by atoms with E-state index >= 15 is 0 Å². The number of ether oxygens (including phenoxy) is 6. The topological polar surface area (TPSA) is 158 Å². The molecule has 0 bridgehead atoms. The van der Waals surface area contributed by atoms with Crippen LogP contribution < -0.4 is 39.7 Å². The molecule has 13 nitrogen and oxygen atoms in total. The first-order chi connectivity index (χ1) is 21.8. The fourth-order valence-electron chi connectivity index (χ4n) is 4.67. The number of rotatable bonds is 13. The summed E-state index contributed by atoms with van der Waals surface area (Å²) in [7, 11) is 1.28. The summed E-state index contributed by atoms with van der Waals surface area (Å²) in [4.78, 5) is 24.6. The molecule has 2 aliphatic rings. The third kappa shape index (κ3) is 7.75. The molecular weight excluding hydrogens is 584 g/mol. The third-order valence-electron chi connectivity index (χ3n) is 6.83. The Morgan fingerprint density at radius 3 is 2.64 bits per heavy atom. The van der Waals surface area contributed by atoms with Gasteiger partial charge in [-0.2, -0.15) is 5.10 Å². The van der Waals surface area contributed by atoms with Crippen molar-refractivity contribution < 1.29 is 43.1 Å². The van der Waals surface area contributed by atoms with E-state index in [-0.39, 0.29) is 19.0 Å². The van der Waals surface area contributed by atoms with Crippen molar-refractivity contribution in [2.24, 2.45) is 5.10 Å². The highest BCUT2D eigenvalue weighted by molar-refractivity contribution is 5.95. The summed E-state index contributed by atoms with van der Waals surface area (Å²) in [5.74, 6) is 2.30. The van der Waals surface area contributed by atoms with E-state index in [2.05, 4.69) is 21.2 Å². The van der Waals surface area contributed by atoms with E-state index in [1.54, 1.807) is 31.3 Å². The fraction of sp³-hybridized carbons (Fsp3) is 0.281. The van der Waals surface area contributed by atoms with Crippen LogP contribution in [0, 0.1) is 0 Å². The van der Waals surface area contributed by atoms with Gasteiger partial charge in [-0.1, -0.05) is 12.1 Å². The maximum Gasteiger partial charge on any atom is 0.337 e. The Labute approximate surface area is 259 Å². The number of benzene rings is 3. The number of aliphatic hydroxyl groups excluding tert-OH is 1. The third-order valence-corrected chi connectivity index (χ3v) is 6.83. The van der Waals surface area contributed by atoms with Gasteiger partial charge in [-0.25, -0.2) is 9.59 Å². The number of esters is 1. The van der Waals surface area contributed by atoms with Crippen LogP contribution in [0.4, 0.5) is 4.79 Å². The summed E-state index contributed by atoms with van der Waals surface area (Å²) < 4.78 is 33.0. The lowest BCUT2D eigenvalue weighted by Crippen LogP contribution is -2.45. The second kappa shape index (κ2) is 14.4. The largest absolute Gasteiger partial charge is 0.490 e. The van der Waals surface area contributed by atoms with Gasteiger partial charge in [0.25, 0.3) is 0 Å². The van der Waals surface area contributed by atoms with E-state index in [9.17, 15) is 14.7 Å². The van der Waals surface area contributed by atoms with Gasteiger partial charge in [0, 0.05) is 5.70 Å². The number of hydrogen-bond acceptors (Lipinski definition) is 11. The lowest BCUT2D eigenvalue weighted by atomic mass is 9.95. The summed E-state index contributed by atoms with van der Waals surface area (Å²) in [5, 5.41) is 19.8. The summed E-state index contributed by atoms with van der Waals surface area (Å²) in [6, 6.07) is 16.8. The predicted octanol–water partition coefficient (Wildman–Crippen LogP) is 3.51. The van der Waals surface area contributed by atoms with E-state index in [0.29, 0.717) is 47.5 Å². The van der Waals surface area contributed by atoms with Crippen molar-refractivity contribution in [1.82, 2.24) is 16.1 Å². The van der Waals surface area contributed by atoms with Crippen LogP contribution in [-0.2, 0) is 16.1 Å². The lowest BCUT2D eigenvalue weighted by Gasteiger charge is -2.28. The van der Waals surface area contributed by atoms with Crippen molar-refractivity contribution in [3.8, 4) is 28.7 Å². The van der Waals surface area contributed by atoms with Crippen LogP contribution in [0.15, 0.2) is 77.0 Å². The van der Waals surface area contributed by atoms with Crippen LogP contribution in [0.2, 0.25) is 0 Å². The molecule has 13 heteroatoms. The first-order valence-corrected chi connectivity index (χ1v) is 14.2. The molecule has 2 aliphatic heterocycles. The van der Waals surface area contributed by atoms with Crippen LogP contribution in [-0.4, -0.2) is 56.7 Å². The minimum atomic E-state index is -1.13. The molecule has 0 saturated carbocycles. The zero-order valence-electron chi connectivity index (χ0n) is 25.0. The van der Waals surface area contributed by atoms with E-state index in [1.165, 1.54) is 7.11 Å². The molecule has 2 atom stereocenters. The quantitative estimate of drug-likeness (QED) is 0.0967. The number of hydrazone groups is 1. The van der Waals surface area contributed by atoms with Gasteiger partial charge < -0.3 is 44.2 Å². The molecule has 0 radical (unpaired) electrons. The van der Waals surface area contributed by atoms with Gasteiger partial charge in [0.1, 0.15) is 19.0 Å². The highest BCUT2D eigenvalue weighted by Crippen LogP contribution is 2.35. The van der Waals surface area contributed by atoms with Gasteiger partial charge in [0.05, 0.1) is 31.5 Å². The van der Waals surface area contributed by atoms with Crippen molar-refractivity contribution >= 4 is 18.2 Å². The fourth-order valence-corrected chi connectivity index (χ4v) is 4.67. The van der Waals surface area contributed by atoms with E-state index in [1.807, 2.05) is 49.4 Å². The van der Waals surface area contributed by atoms with Crippen LogP contribution in [0.25, 0.3) is 0 Å². The number of fused-ring (bicyclic) bond motifs is 1. The maximum absolute atomic E-state index is 12.4. The van der Waals surface area contributed by atoms with Crippen LogP contribution in [0.1, 0.15) is 36.6 Å². The molecule has 0 aromatic heterocycles. The zero-order valence-corrected chi connectivity index (χ0v) is 25.0. The average Bonchev–Trinajstić information content (AvgIpc) is 3.51. The van der Waals surface area contributed by atoms with Gasteiger partial charge in [0.2, 0.25) is 6.79 Å². The van der Waals surface area contributed by atoms with Gasteiger partial charge in [-0.05, 0) is 79.1 Å². The Kier molecular flexibility index (Phi) is 9.90. The first kappa shape index (κ1) is 31.0. The lowest BCUT2D eigenvalue weighted by molar-refractivity contribution is -0.136. The molecule has 0 saturated heterocycles. The number of hydrogen-bond donors (Lipinski definition) is 4. The number of allylic oxidation sites excluding steroid dienone is 1. The first-order valence-electron chi connectivity index (χ1n) is 14.2. The number of carbonyl (C=O) groups excluding carboxylic acids is 2. The molecule has 4 N–H and O–H groups in total. The highest BCUT2D eigenvalue weighted by Gasteiger charge is 2.32. The molecule has 3 aromatic rings. The van der Waals surface area contributed by atoms with Crippen molar-refractivity contribution in [2.45, 2.75) is 32.7 Å². The molecule has 236 valence electrons. The number of nitrogens with one attached hydrogen (secondary N) is 3. The smallest absolute Gasteiger partial charge is 0.337 e. The van der Waals surface area contributed by atoms with Crippen molar-refractivity contribution in [3.63, 3.8) is 0 Å². The minimum Gasteiger partial charge on any atom is -0.490 e. The van der Waals surface area contributed by atoms with E-state index in [0.717, 1.165) is 16.9 Å². The Balaban J connectivity index is 1.13. The Hall–Kier alpha value is -5.43. The monoisotopic (exact) mass is 618 g/mol. The van der Waals surface area contributed by atoms with E-state index in [4.69, 9.17) is 28.4 Å². The highest BCUT2D eigenvalue weighted by atomic mass is 16.7. The summed E-state index contributed by atoms with van der Waals surface area (Å²) in [6.45, 7) is 4.25. The zero-order chi connectivity index (χ0) is 31.8. The summed E-state index contributed by atoms with van der Waals surface area (Å²) >= 11 is 0. The van der Waals surface area contributed by atoms with Crippen molar-refractivity contribution in [2.75, 3.05) is 27.1 Å². The Morgan fingerprint density at radius 1 is 1.07 bits per heavy atom. The molecule has 0 fully saturated rings. The van der Waals surface area contributed by atoms with Gasteiger partial charge >= 0.3 is 12.0 Å². The molecular formula is C32H34N4O9. The molecule has 0 unspecified atom stereocenters. The second-order valence-corrected chi connectivity index (χ2v) is 9.96. The number of amides is 2. The van der Waals surface area contributed by atoms with E-state index < -0.39 is 24.3 Å². The maximum atomic E-state index is 12.4. The SMILES string of the molecule is CCOc1cc([C@@H]2NC(=O)NC(C)=C2C(=O)OC)ccc1OC[C@H](O)N/N=C\c1ccc(OCc2ccc3c(c2)OCO3)cc1. The number of urea groups is 1. The second-order valence-electron chi connectivity index (χ2n) is 9.96. The number of nitrogens with zero attached hydrogens (tertiary/aromatic N) is 1. The minimum absolute atomic E-state index is 0.139. The van der Waals surface area contributed by atoms with Crippen LogP contribution in [0.5, 0.6) is 28.7 Å². The number of methoxy groups -OCH3 is 1. The summed E-state index contributed by atoms with van der Waals surface area (Å²) in [5.41, 5.74) is 5.64. The number of carbonyl (C=O) groups is 2. The number of aliphatic hydroxyl groups is 1. The Morgan fingerprint density at radius 2 is 1.87 bits per heavy atom. The standard InChI is InChI=1S/C32H34N4O9/c1-4-41-27-14-22(30-29(31(38)40-3)19(2)34-32(39)35-30)8-12-24(27)43-17-28(37)36-33-15-20-5-9-23(10-6-20)42-16-21-7-11-25-26(13-21)45-18-44-25/h5-15,28,30,36-37H,4,16-18H2,1-3H3,(H2,34,35,39)/b33-15-/t28-,30-/m0/s1. The average molecular weight is 619 g/mol. The molecule has 3 aromatic carbocycles. The van der Waals surface area contributed by atoms with Crippen LogP contribution in [0.3, 0.4) is 0 Å². The van der Waals surface area contributed by atoms with Crippen LogP contribution >= 0.6 is 0 Å². The normalized spacial score (nSPS) is 16.1. The molecule has 2 amide bonds. The Bertz CT molecular complexity index is 1590. The van der Waals surface area contributed by atoms with Crippen molar-refractivity contribution in [3.05, 3.63) is 88.6 Å². The molecule has 45 heavy (non-hydrogen) atoms. The van der Waals surface area contributed by atoms with Gasteiger partial charge in [0.15, 0.2) is 29.2 Å². The molecule has 0 spiro atoms. The van der Waals surface area contributed by atoms with Gasteiger partial charge in [-0.3, -0.25) is 5.43 Å². The van der Waals surface area contributed by atoms with Gasteiger partial charge in [-0.15, -0.1) is 0 Å². The summed E-state index contributed by atoms with van der Waals surface area (Å²) in [6.07, 6.45) is 0.437. The van der Waals surface area contributed by atoms with Crippen molar-refractivity contribution in [1.29, 1.82) is 0 Å².